The number of fused-ring (bicyclic) bond motifs is 3. The number of benzene rings is 2. The van der Waals surface area contributed by atoms with Crippen LogP contribution in [0.15, 0.2) is 66.9 Å². The lowest BCUT2D eigenvalue weighted by atomic mass is 9.98. The van der Waals surface area contributed by atoms with Gasteiger partial charge in [-0.3, -0.25) is 5.32 Å². The van der Waals surface area contributed by atoms with Crippen molar-refractivity contribution in [2.75, 3.05) is 11.9 Å². The molecule has 1 amide bonds. The minimum absolute atomic E-state index is 0.0341. The van der Waals surface area contributed by atoms with E-state index in [1.165, 1.54) is 22.3 Å². The first-order valence-corrected chi connectivity index (χ1v) is 8.31. The Bertz CT molecular complexity index is 975. The monoisotopic (exact) mass is 340 g/mol. The lowest BCUT2D eigenvalue weighted by molar-refractivity contribution is 0.158. The largest absolute Gasteiger partial charge is 0.448 e. The number of ether oxygens (including phenoxy) is 1. The molecule has 4 heteroatoms. The van der Waals surface area contributed by atoms with Crippen molar-refractivity contribution in [1.82, 2.24) is 4.98 Å². The molecule has 1 aliphatic carbocycles. The number of carbonyl (C=O) groups excluding carboxylic acids is 1. The van der Waals surface area contributed by atoms with Gasteiger partial charge in [0.2, 0.25) is 0 Å². The fourth-order valence-corrected chi connectivity index (χ4v) is 3.34. The average Bonchev–Trinajstić information content (AvgIpc) is 3.00. The van der Waals surface area contributed by atoms with Crippen LogP contribution in [-0.2, 0) is 4.74 Å². The van der Waals surface area contributed by atoms with Crippen LogP contribution in [0.25, 0.3) is 11.1 Å². The Morgan fingerprint density at radius 1 is 1.08 bits per heavy atom. The van der Waals surface area contributed by atoms with Crippen LogP contribution in [-0.4, -0.2) is 17.7 Å². The van der Waals surface area contributed by atoms with E-state index in [1.54, 1.807) is 18.3 Å². The maximum absolute atomic E-state index is 12.2. The van der Waals surface area contributed by atoms with Crippen molar-refractivity contribution in [1.29, 1.82) is 0 Å². The Morgan fingerprint density at radius 3 is 2.38 bits per heavy atom. The number of terminal acetylenes is 1. The molecule has 0 unspecified atom stereocenters. The van der Waals surface area contributed by atoms with E-state index in [0.29, 0.717) is 11.4 Å². The number of rotatable bonds is 3. The molecule has 4 rings (SSSR count). The van der Waals surface area contributed by atoms with E-state index in [0.717, 1.165) is 0 Å². The number of anilines is 1. The highest BCUT2D eigenvalue weighted by molar-refractivity contribution is 5.85. The van der Waals surface area contributed by atoms with Gasteiger partial charge in [-0.25, -0.2) is 9.78 Å². The van der Waals surface area contributed by atoms with E-state index in [4.69, 9.17) is 11.2 Å². The van der Waals surface area contributed by atoms with Crippen LogP contribution in [0.1, 0.15) is 22.7 Å². The molecule has 0 saturated carbocycles. The van der Waals surface area contributed by atoms with E-state index >= 15 is 0 Å². The van der Waals surface area contributed by atoms with E-state index in [-0.39, 0.29) is 12.5 Å². The number of nitrogens with zero attached hydrogens (tertiary/aromatic N) is 1. The van der Waals surface area contributed by atoms with Crippen molar-refractivity contribution in [3.05, 3.63) is 83.7 Å². The molecule has 1 heterocycles. The summed E-state index contributed by atoms with van der Waals surface area (Å²) in [7, 11) is 0. The van der Waals surface area contributed by atoms with Gasteiger partial charge in [0.15, 0.2) is 0 Å². The Balaban J connectivity index is 1.49. The number of carbonyl (C=O) groups is 1. The topological polar surface area (TPSA) is 51.2 Å². The van der Waals surface area contributed by atoms with Gasteiger partial charge in [-0.05, 0) is 34.4 Å². The lowest BCUT2D eigenvalue weighted by Gasteiger charge is -2.14. The van der Waals surface area contributed by atoms with Crippen LogP contribution in [0.3, 0.4) is 0 Å². The standard InChI is InChI=1S/C22H16N2O2/c1-2-15-13-16(11-12-23-15)24-22(25)26-14-21-19-9-5-3-7-17(19)18-8-4-6-10-20(18)21/h1,3-13,21H,14H2,(H,23,24,25). The van der Waals surface area contributed by atoms with Gasteiger partial charge in [0.05, 0.1) is 0 Å². The summed E-state index contributed by atoms with van der Waals surface area (Å²) in [5, 5.41) is 2.69. The van der Waals surface area contributed by atoms with Gasteiger partial charge in [0.25, 0.3) is 0 Å². The van der Waals surface area contributed by atoms with Crippen LogP contribution in [0, 0.1) is 12.3 Å². The van der Waals surface area contributed by atoms with Gasteiger partial charge in [0, 0.05) is 17.8 Å². The highest BCUT2D eigenvalue weighted by Crippen LogP contribution is 2.44. The van der Waals surface area contributed by atoms with Gasteiger partial charge < -0.3 is 4.74 Å². The number of amides is 1. The maximum atomic E-state index is 12.2. The van der Waals surface area contributed by atoms with Crippen LogP contribution in [0.4, 0.5) is 10.5 Å². The third-order valence-corrected chi connectivity index (χ3v) is 4.50. The summed E-state index contributed by atoms with van der Waals surface area (Å²) in [6.07, 6.45) is 6.36. The van der Waals surface area contributed by atoms with Crippen LogP contribution in [0.5, 0.6) is 0 Å². The van der Waals surface area contributed by atoms with E-state index in [1.807, 2.05) is 24.3 Å². The van der Waals surface area contributed by atoms with Crippen molar-refractivity contribution in [2.24, 2.45) is 0 Å². The first-order chi connectivity index (χ1) is 12.8. The second kappa shape index (κ2) is 6.73. The molecule has 0 spiro atoms. The second-order valence-electron chi connectivity index (χ2n) is 6.02. The van der Waals surface area contributed by atoms with Crippen LogP contribution < -0.4 is 5.32 Å². The van der Waals surface area contributed by atoms with Crippen molar-refractivity contribution in [2.45, 2.75) is 5.92 Å². The quantitative estimate of drug-likeness (QED) is 0.718. The molecule has 1 N–H and O–H groups in total. The normalized spacial score (nSPS) is 12.0. The molecular formula is C22H16N2O2. The Morgan fingerprint density at radius 2 is 1.73 bits per heavy atom. The van der Waals surface area contributed by atoms with Crippen molar-refractivity contribution >= 4 is 11.8 Å². The number of pyridine rings is 1. The van der Waals surface area contributed by atoms with Gasteiger partial charge >= 0.3 is 6.09 Å². The molecule has 126 valence electrons. The zero-order valence-electron chi connectivity index (χ0n) is 14.0. The molecule has 2 aromatic carbocycles. The Labute approximate surface area is 151 Å². The number of hydrogen-bond donors (Lipinski definition) is 1. The fraction of sp³-hybridized carbons (Fsp3) is 0.0909. The molecule has 0 aliphatic heterocycles. The smallest absolute Gasteiger partial charge is 0.411 e. The third kappa shape index (κ3) is 2.91. The zero-order valence-corrected chi connectivity index (χ0v) is 14.0. The highest BCUT2D eigenvalue weighted by atomic mass is 16.5. The lowest BCUT2D eigenvalue weighted by Crippen LogP contribution is -2.18. The molecule has 0 bridgehead atoms. The Hall–Kier alpha value is -3.58. The third-order valence-electron chi connectivity index (χ3n) is 4.50. The van der Waals surface area contributed by atoms with E-state index in [9.17, 15) is 4.79 Å². The molecule has 26 heavy (non-hydrogen) atoms. The summed E-state index contributed by atoms with van der Waals surface area (Å²) >= 11 is 0. The number of hydrogen-bond acceptors (Lipinski definition) is 3. The molecule has 1 aromatic heterocycles. The summed E-state index contributed by atoms with van der Waals surface area (Å²) < 4.78 is 5.49. The van der Waals surface area contributed by atoms with Crippen LogP contribution >= 0.6 is 0 Å². The first kappa shape index (κ1) is 15.9. The van der Waals surface area contributed by atoms with Crippen molar-refractivity contribution in [3.63, 3.8) is 0 Å². The molecule has 0 atom stereocenters. The summed E-state index contributed by atoms with van der Waals surface area (Å²) in [6, 6.07) is 19.7. The molecule has 0 saturated heterocycles. The molecule has 0 radical (unpaired) electrons. The van der Waals surface area contributed by atoms with Gasteiger partial charge in [-0.15, -0.1) is 6.42 Å². The number of aromatic nitrogens is 1. The van der Waals surface area contributed by atoms with Crippen LogP contribution in [0.2, 0.25) is 0 Å². The highest BCUT2D eigenvalue weighted by Gasteiger charge is 2.28. The van der Waals surface area contributed by atoms with Gasteiger partial charge in [-0.1, -0.05) is 54.5 Å². The Kier molecular flexibility index (Phi) is 4.12. The fourth-order valence-electron chi connectivity index (χ4n) is 3.34. The summed E-state index contributed by atoms with van der Waals surface area (Å²) in [5.74, 6) is 2.47. The predicted molar refractivity (Wildman–Crippen MR) is 101 cm³/mol. The molecule has 0 fully saturated rings. The maximum Gasteiger partial charge on any atom is 0.411 e. The van der Waals surface area contributed by atoms with Crippen molar-refractivity contribution in [3.8, 4) is 23.5 Å². The number of nitrogens with one attached hydrogen (secondary N) is 1. The van der Waals surface area contributed by atoms with E-state index in [2.05, 4.69) is 40.5 Å². The summed E-state index contributed by atoms with van der Waals surface area (Å²) in [4.78, 5) is 16.2. The van der Waals surface area contributed by atoms with E-state index < -0.39 is 6.09 Å². The first-order valence-electron chi connectivity index (χ1n) is 8.31. The summed E-state index contributed by atoms with van der Waals surface area (Å²) in [5.41, 5.74) is 5.78. The average molecular weight is 340 g/mol. The molecule has 1 aliphatic rings. The predicted octanol–water partition coefficient (Wildman–Crippen LogP) is 4.42. The SMILES string of the molecule is C#Cc1cc(NC(=O)OCC2c3ccccc3-c3ccccc32)ccn1. The minimum atomic E-state index is -0.513. The molecule has 4 nitrogen and oxygen atoms in total. The second-order valence-corrected chi connectivity index (χ2v) is 6.02. The van der Waals surface area contributed by atoms with Crippen molar-refractivity contribution < 1.29 is 9.53 Å². The molecule has 3 aromatic rings. The summed E-state index contributed by atoms with van der Waals surface area (Å²) in [6.45, 7) is 0.271. The minimum Gasteiger partial charge on any atom is -0.448 e. The zero-order chi connectivity index (χ0) is 17.9. The molecular weight excluding hydrogens is 324 g/mol. The van der Waals surface area contributed by atoms with Gasteiger partial charge in [0.1, 0.15) is 12.3 Å². The van der Waals surface area contributed by atoms with Gasteiger partial charge in [-0.2, -0.15) is 0 Å².